The Balaban J connectivity index is 1.56. The lowest BCUT2D eigenvalue weighted by Gasteiger charge is -2.20. The van der Waals surface area contributed by atoms with Crippen LogP contribution >= 0.6 is 11.6 Å². The molecule has 2 heterocycles. The molecule has 0 radical (unpaired) electrons. The molecular weight excluding hydrogens is 435 g/mol. The van der Waals surface area contributed by atoms with E-state index in [0.717, 1.165) is 5.56 Å². The van der Waals surface area contributed by atoms with Crippen LogP contribution in [0, 0.1) is 18.7 Å². The highest BCUT2D eigenvalue weighted by atomic mass is 35.5. The van der Waals surface area contributed by atoms with Crippen LogP contribution in [-0.2, 0) is 21.6 Å². The third-order valence-electron chi connectivity index (χ3n) is 5.51. The lowest BCUT2D eigenvalue weighted by atomic mass is 9.93. The topological polar surface area (TPSA) is 86.2 Å². The van der Waals surface area contributed by atoms with Crippen molar-refractivity contribution in [3.8, 4) is 5.75 Å². The van der Waals surface area contributed by atoms with E-state index in [0.29, 0.717) is 34.5 Å². The van der Waals surface area contributed by atoms with E-state index in [1.54, 1.807) is 44.5 Å². The van der Waals surface area contributed by atoms with Crippen LogP contribution in [-0.4, -0.2) is 34.6 Å². The van der Waals surface area contributed by atoms with Gasteiger partial charge in [-0.3, -0.25) is 4.79 Å². The first-order valence-electron chi connectivity index (χ1n) is 10.0. The van der Waals surface area contributed by atoms with Gasteiger partial charge in [0.25, 0.3) is 0 Å². The van der Waals surface area contributed by atoms with Gasteiger partial charge in [-0.05, 0) is 43.2 Å². The predicted octanol–water partition coefficient (Wildman–Crippen LogP) is 4.09. The summed E-state index contributed by atoms with van der Waals surface area (Å²) < 4.78 is 24.8. The maximum atomic E-state index is 13.5. The summed E-state index contributed by atoms with van der Waals surface area (Å²) in [4.78, 5) is 25.7. The van der Waals surface area contributed by atoms with Crippen molar-refractivity contribution in [3.63, 3.8) is 0 Å². The highest BCUT2D eigenvalue weighted by molar-refractivity contribution is 6.30. The Bertz CT molecular complexity index is 1110. The van der Waals surface area contributed by atoms with E-state index in [4.69, 9.17) is 21.1 Å². The number of amides is 1. The summed E-state index contributed by atoms with van der Waals surface area (Å²) in [6, 6.07) is 9.44. The van der Waals surface area contributed by atoms with Crippen molar-refractivity contribution in [2.75, 3.05) is 19.0 Å². The van der Waals surface area contributed by atoms with Crippen LogP contribution in [0.25, 0.3) is 0 Å². The fourth-order valence-corrected chi connectivity index (χ4v) is 3.84. The SMILES string of the molecule is COCc1nc(C)ncc1OC[C@@]1(c2ccc(F)cc2)C[C@H]1C(=O)Nc1ccc(Cl)cn1. The molecule has 2 atom stereocenters. The first-order valence-corrected chi connectivity index (χ1v) is 10.4. The monoisotopic (exact) mass is 456 g/mol. The molecule has 0 bridgehead atoms. The normalized spacial score (nSPS) is 19.4. The zero-order valence-corrected chi connectivity index (χ0v) is 18.4. The number of rotatable bonds is 8. The first kappa shape index (κ1) is 22.1. The minimum atomic E-state index is -0.612. The van der Waals surface area contributed by atoms with Crippen LogP contribution < -0.4 is 10.1 Å². The molecule has 1 aromatic carbocycles. The average molecular weight is 457 g/mol. The van der Waals surface area contributed by atoms with Gasteiger partial charge in [-0.15, -0.1) is 0 Å². The number of anilines is 1. The fourth-order valence-electron chi connectivity index (χ4n) is 3.73. The number of hydrogen-bond acceptors (Lipinski definition) is 6. The predicted molar refractivity (Wildman–Crippen MR) is 117 cm³/mol. The molecule has 166 valence electrons. The molecule has 7 nitrogen and oxygen atoms in total. The Morgan fingerprint density at radius 2 is 2.00 bits per heavy atom. The number of ether oxygens (including phenoxy) is 2. The molecule has 1 amide bonds. The standard InChI is InChI=1S/C23H22ClFN4O3/c1-14-26-11-20(19(28-14)12-31-2)32-13-23(15-3-6-17(25)7-4-15)9-18(23)22(30)29-21-8-5-16(24)10-27-21/h3-8,10-11,18H,9,12-13H2,1-2H3,(H,27,29,30)/t18-,23+/m0/s1. The summed E-state index contributed by atoms with van der Waals surface area (Å²) in [5, 5.41) is 3.30. The Labute approximate surface area is 190 Å². The molecule has 0 saturated heterocycles. The van der Waals surface area contributed by atoms with Crippen molar-refractivity contribution in [1.29, 1.82) is 0 Å². The molecule has 0 spiro atoms. The molecule has 1 fully saturated rings. The molecule has 4 rings (SSSR count). The maximum absolute atomic E-state index is 13.5. The number of nitrogens with zero attached hydrogens (tertiary/aromatic N) is 3. The van der Waals surface area contributed by atoms with Crippen molar-refractivity contribution >= 4 is 23.3 Å². The van der Waals surface area contributed by atoms with Crippen molar-refractivity contribution in [2.24, 2.45) is 5.92 Å². The summed E-state index contributed by atoms with van der Waals surface area (Å²) in [5.41, 5.74) is 0.838. The highest BCUT2D eigenvalue weighted by Gasteiger charge is 2.60. The molecule has 1 aliphatic carbocycles. The van der Waals surface area contributed by atoms with Gasteiger partial charge in [0.15, 0.2) is 5.75 Å². The Kier molecular flexibility index (Phi) is 6.34. The second-order valence-corrected chi connectivity index (χ2v) is 8.16. The zero-order valence-electron chi connectivity index (χ0n) is 17.6. The number of aromatic nitrogens is 3. The van der Waals surface area contributed by atoms with Crippen LogP contribution in [0.5, 0.6) is 5.75 Å². The average Bonchev–Trinajstić information content (AvgIpc) is 3.51. The summed E-state index contributed by atoms with van der Waals surface area (Å²) in [7, 11) is 1.58. The highest BCUT2D eigenvalue weighted by Crippen LogP contribution is 2.55. The van der Waals surface area contributed by atoms with Gasteiger partial charge in [-0.1, -0.05) is 23.7 Å². The third kappa shape index (κ3) is 4.71. The molecule has 0 aliphatic heterocycles. The second kappa shape index (κ2) is 9.18. The number of methoxy groups -OCH3 is 1. The van der Waals surface area contributed by atoms with E-state index >= 15 is 0 Å². The molecular formula is C23H22ClFN4O3. The largest absolute Gasteiger partial charge is 0.489 e. The molecule has 32 heavy (non-hydrogen) atoms. The molecule has 3 aromatic rings. The van der Waals surface area contributed by atoms with Gasteiger partial charge in [0.1, 0.15) is 23.2 Å². The van der Waals surface area contributed by atoms with E-state index in [9.17, 15) is 9.18 Å². The van der Waals surface area contributed by atoms with E-state index in [2.05, 4.69) is 20.3 Å². The summed E-state index contributed by atoms with van der Waals surface area (Å²) >= 11 is 5.86. The second-order valence-electron chi connectivity index (χ2n) is 7.72. The zero-order chi connectivity index (χ0) is 22.7. The van der Waals surface area contributed by atoms with E-state index in [-0.39, 0.29) is 30.9 Å². The molecule has 1 saturated carbocycles. The Morgan fingerprint density at radius 1 is 1.22 bits per heavy atom. The minimum Gasteiger partial charge on any atom is -0.489 e. The molecule has 9 heteroatoms. The fraction of sp³-hybridized carbons (Fsp3) is 0.304. The smallest absolute Gasteiger partial charge is 0.229 e. The number of carbonyl (C=O) groups is 1. The van der Waals surface area contributed by atoms with Crippen LogP contribution in [0.15, 0.2) is 48.8 Å². The van der Waals surface area contributed by atoms with Gasteiger partial charge >= 0.3 is 0 Å². The Hall–Kier alpha value is -3.10. The van der Waals surface area contributed by atoms with Gasteiger partial charge in [-0.25, -0.2) is 19.3 Å². The van der Waals surface area contributed by atoms with Gasteiger partial charge < -0.3 is 14.8 Å². The molecule has 2 aromatic heterocycles. The van der Waals surface area contributed by atoms with E-state index < -0.39 is 5.41 Å². The number of nitrogens with one attached hydrogen (secondary N) is 1. The number of halogens is 2. The summed E-state index contributed by atoms with van der Waals surface area (Å²) in [6.45, 7) is 2.26. The van der Waals surface area contributed by atoms with Gasteiger partial charge in [-0.2, -0.15) is 0 Å². The van der Waals surface area contributed by atoms with Crippen molar-refractivity contribution in [2.45, 2.75) is 25.4 Å². The minimum absolute atomic E-state index is 0.190. The number of hydrogen-bond donors (Lipinski definition) is 1. The maximum Gasteiger partial charge on any atom is 0.229 e. The lowest BCUT2D eigenvalue weighted by Crippen LogP contribution is -2.27. The van der Waals surface area contributed by atoms with Crippen molar-refractivity contribution < 1.29 is 18.7 Å². The number of carbonyl (C=O) groups excluding carboxylic acids is 1. The van der Waals surface area contributed by atoms with Crippen LogP contribution in [0.3, 0.4) is 0 Å². The van der Waals surface area contributed by atoms with E-state index in [1.807, 2.05) is 0 Å². The van der Waals surface area contributed by atoms with Gasteiger partial charge in [0.05, 0.1) is 30.4 Å². The molecule has 0 unspecified atom stereocenters. The third-order valence-corrected chi connectivity index (χ3v) is 5.73. The van der Waals surface area contributed by atoms with E-state index in [1.165, 1.54) is 18.3 Å². The number of pyridine rings is 1. The van der Waals surface area contributed by atoms with Crippen molar-refractivity contribution in [3.05, 3.63) is 76.7 Å². The van der Waals surface area contributed by atoms with Crippen molar-refractivity contribution in [1.82, 2.24) is 15.0 Å². The van der Waals surface area contributed by atoms with Crippen LogP contribution in [0.1, 0.15) is 23.5 Å². The van der Waals surface area contributed by atoms with Gasteiger partial charge in [0.2, 0.25) is 5.91 Å². The molecule has 1 N–H and O–H groups in total. The summed E-state index contributed by atoms with van der Waals surface area (Å²) in [6.07, 6.45) is 3.61. The number of benzene rings is 1. The summed E-state index contributed by atoms with van der Waals surface area (Å²) in [5.74, 6) is 0.606. The first-order chi connectivity index (χ1) is 15.4. The quantitative estimate of drug-likeness (QED) is 0.549. The van der Waals surface area contributed by atoms with Crippen LogP contribution in [0.2, 0.25) is 5.02 Å². The van der Waals surface area contributed by atoms with Gasteiger partial charge in [0, 0.05) is 18.7 Å². The Morgan fingerprint density at radius 3 is 2.69 bits per heavy atom. The molecule has 1 aliphatic rings. The lowest BCUT2D eigenvalue weighted by molar-refractivity contribution is -0.117. The number of aryl methyl sites for hydroxylation is 1. The van der Waals surface area contributed by atoms with Crippen LogP contribution in [0.4, 0.5) is 10.2 Å².